The van der Waals surface area contributed by atoms with Crippen molar-refractivity contribution < 1.29 is 14.7 Å². The minimum Gasteiger partial charge on any atom is -0.480 e. The molecule has 1 aliphatic heterocycles. The molecular weight excluding hydrogens is 232 g/mol. The lowest BCUT2D eigenvalue weighted by Gasteiger charge is -2.37. The Morgan fingerprint density at radius 1 is 1.33 bits per heavy atom. The molecule has 2 N–H and O–H groups in total. The van der Waals surface area contributed by atoms with Crippen LogP contribution in [-0.2, 0) is 9.59 Å². The van der Waals surface area contributed by atoms with Gasteiger partial charge in [-0.15, -0.1) is 0 Å². The molecule has 104 valence electrons. The lowest BCUT2D eigenvalue weighted by molar-refractivity contribution is -0.147. The third-order valence-electron chi connectivity index (χ3n) is 3.20. The molecule has 2 atom stereocenters. The van der Waals surface area contributed by atoms with Gasteiger partial charge < -0.3 is 10.4 Å². The van der Waals surface area contributed by atoms with Crippen LogP contribution in [0.4, 0.5) is 0 Å². The van der Waals surface area contributed by atoms with Crippen molar-refractivity contribution in [1.29, 1.82) is 0 Å². The molecule has 0 aromatic carbocycles. The Morgan fingerprint density at radius 3 is 2.44 bits per heavy atom. The van der Waals surface area contributed by atoms with Crippen molar-refractivity contribution in [3.63, 3.8) is 0 Å². The van der Waals surface area contributed by atoms with Gasteiger partial charge in [-0.05, 0) is 47.1 Å². The van der Waals surface area contributed by atoms with E-state index in [1.807, 2.05) is 20.8 Å². The van der Waals surface area contributed by atoms with Gasteiger partial charge in [-0.25, -0.2) is 0 Å². The van der Waals surface area contributed by atoms with Gasteiger partial charge in [0.05, 0.1) is 6.04 Å². The molecule has 1 fully saturated rings. The molecule has 0 spiro atoms. The summed E-state index contributed by atoms with van der Waals surface area (Å²) in [5, 5.41) is 12.1. The quantitative estimate of drug-likeness (QED) is 0.797. The highest BCUT2D eigenvalue weighted by Gasteiger charge is 2.35. The molecule has 1 heterocycles. The number of carboxylic acids is 1. The van der Waals surface area contributed by atoms with Gasteiger partial charge in [0.2, 0.25) is 5.91 Å². The lowest BCUT2D eigenvalue weighted by Crippen LogP contribution is -2.56. The van der Waals surface area contributed by atoms with Gasteiger partial charge in [0.25, 0.3) is 0 Å². The third-order valence-corrected chi connectivity index (χ3v) is 3.20. The largest absolute Gasteiger partial charge is 0.480 e. The van der Waals surface area contributed by atoms with E-state index in [1.54, 1.807) is 11.8 Å². The van der Waals surface area contributed by atoms with E-state index in [9.17, 15) is 14.7 Å². The predicted octanol–water partition coefficient (Wildman–Crippen LogP) is 1.23. The van der Waals surface area contributed by atoms with Crippen LogP contribution >= 0.6 is 0 Å². The molecule has 5 heteroatoms. The Balaban J connectivity index is 2.71. The van der Waals surface area contributed by atoms with Crippen molar-refractivity contribution in [2.75, 3.05) is 6.54 Å². The molecule has 5 nitrogen and oxygen atoms in total. The van der Waals surface area contributed by atoms with Crippen molar-refractivity contribution >= 4 is 11.9 Å². The standard InChI is InChI=1S/C13H24N2O3/c1-9(11(16)14-13(2,3)4)15-8-6-5-7-10(15)12(17)18/h9-10H,5-8H2,1-4H3,(H,14,16)(H,17,18). The number of likely N-dealkylation sites (tertiary alicyclic amines) is 1. The summed E-state index contributed by atoms with van der Waals surface area (Å²) < 4.78 is 0. The minimum atomic E-state index is -0.829. The van der Waals surface area contributed by atoms with Gasteiger partial charge in [0.1, 0.15) is 6.04 Å². The topological polar surface area (TPSA) is 69.6 Å². The second kappa shape index (κ2) is 5.69. The number of hydrogen-bond acceptors (Lipinski definition) is 3. The zero-order chi connectivity index (χ0) is 13.9. The van der Waals surface area contributed by atoms with Gasteiger partial charge in [0, 0.05) is 5.54 Å². The van der Waals surface area contributed by atoms with Crippen molar-refractivity contribution in [3.05, 3.63) is 0 Å². The second-order valence-electron chi connectivity index (χ2n) is 6.00. The monoisotopic (exact) mass is 256 g/mol. The third kappa shape index (κ3) is 3.98. The number of carboxylic acid groups (broad SMARTS) is 1. The lowest BCUT2D eigenvalue weighted by atomic mass is 9.99. The van der Waals surface area contributed by atoms with Gasteiger partial charge in [-0.1, -0.05) is 6.42 Å². The van der Waals surface area contributed by atoms with Crippen molar-refractivity contribution in [2.45, 2.75) is 64.6 Å². The van der Waals surface area contributed by atoms with E-state index in [2.05, 4.69) is 5.32 Å². The van der Waals surface area contributed by atoms with Crippen LogP contribution in [-0.4, -0.2) is 46.1 Å². The average molecular weight is 256 g/mol. The molecule has 0 aromatic rings. The molecule has 0 saturated carbocycles. The number of piperidine rings is 1. The predicted molar refractivity (Wildman–Crippen MR) is 69.3 cm³/mol. The second-order valence-corrected chi connectivity index (χ2v) is 6.00. The number of carbonyl (C=O) groups is 2. The molecule has 0 bridgehead atoms. The zero-order valence-corrected chi connectivity index (χ0v) is 11.7. The summed E-state index contributed by atoms with van der Waals surface area (Å²) in [6.07, 6.45) is 2.50. The number of carbonyl (C=O) groups excluding carboxylic acids is 1. The first-order chi connectivity index (χ1) is 8.22. The number of hydrogen-bond donors (Lipinski definition) is 2. The van der Waals surface area contributed by atoms with E-state index in [0.717, 1.165) is 12.8 Å². The molecule has 0 aromatic heterocycles. The van der Waals surface area contributed by atoms with Gasteiger partial charge in [-0.3, -0.25) is 14.5 Å². The smallest absolute Gasteiger partial charge is 0.320 e. The summed E-state index contributed by atoms with van der Waals surface area (Å²) in [7, 11) is 0. The van der Waals surface area contributed by atoms with Crippen LogP contribution in [0.1, 0.15) is 47.0 Å². The van der Waals surface area contributed by atoms with Crippen molar-refractivity contribution in [2.24, 2.45) is 0 Å². The highest BCUT2D eigenvalue weighted by Crippen LogP contribution is 2.20. The SMILES string of the molecule is CC(C(=O)NC(C)(C)C)N1CCCCC1C(=O)O. The molecule has 1 amide bonds. The molecule has 1 rings (SSSR count). The number of nitrogens with one attached hydrogen (secondary N) is 1. The molecule has 2 unspecified atom stereocenters. The number of rotatable bonds is 3. The molecule has 18 heavy (non-hydrogen) atoms. The maximum absolute atomic E-state index is 12.1. The fourth-order valence-corrected chi connectivity index (χ4v) is 2.31. The Labute approximate surface area is 109 Å². The van der Waals surface area contributed by atoms with Crippen LogP contribution in [0.15, 0.2) is 0 Å². The molecule has 1 aliphatic rings. The zero-order valence-electron chi connectivity index (χ0n) is 11.7. The first-order valence-electron chi connectivity index (χ1n) is 6.53. The summed E-state index contributed by atoms with van der Waals surface area (Å²) in [6, 6.07) is -0.926. The van der Waals surface area contributed by atoms with Crippen LogP contribution < -0.4 is 5.32 Å². The minimum absolute atomic E-state index is 0.101. The van der Waals surface area contributed by atoms with Crippen LogP contribution in [0.2, 0.25) is 0 Å². The van der Waals surface area contributed by atoms with Crippen LogP contribution in [0.3, 0.4) is 0 Å². The normalized spacial score (nSPS) is 23.4. The van der Waals surface area contributed by atoms with Crippen LogP contribution in [0.5, 0.6) is 0 Å². The Morgan fingerprint density at radius 2 is 1.94 bits per heavy atom. The number of nitrogens with zero attached hydrogens (tertiary/aromatic N) is 1. The Bertz CT molecular complexity index is 323. The maximum atomic E-state index is 12.1. The number of aliphatic carboxylic acids is 1. The Hall–Kier alpha value is -1.10. The van der Waals surface area contributed by atoms with Crippen LogP contribution in [0.25, 0.3) is 0 Å². The molecular formula is C13H24N2O3. The first kappa shape index (κ1) is 15.0. The summed E-state index contributed by atoms with van der Waals surface area (Å²) in [6.45, 7) is 8.21. The first-order valence-corrected chi connectivity index (χ1v) is 6.53. The highest BCUT2D eigenvalue weighted by atomic mass is 16.4. The van der Waals surface area contributed by atoms with E-state index < -0.39 is 18.1 Å². The molecule has 1 saturated heterocycles. The maximum Gasteiger partial charge on any atom is 0.320 e. The highest BCUT2D eigenvalue weighted by molar-refractivity contribution is 5.83. The average Bonchev–Trinajstić information content (AvgIpc) is 2.25. The van der Waals surface area contributed by atoms with E-state index in [-0.39, 0.29) is 11.4 Å². The Kier molecular flexibility index (Phi) is 4.73. The fourth-order valence-electron chi connectivity index (χ4n) is 2.31. The summed E-state index contributed by atoms with van der Waals surface area (Å²) in [4.78, 5) is 25.1. The summed E-state index contributed by atoms with van der Waals surface area (Å²) in [5.74, 6) is -0.930. The fraction of sp³-hybridized carbons (Fsp3) is 0.846. The molecule has 0 aliphatic carbocycles. The van der Waals surface area contributed by atoms with Gasteiger partial charge in [-0.2, -0.15) is 0 Å². The van der Waals surface area contributed by atoms with E-state index in [1.165, 1.54) is 0 Å². The van der Waals surface area contributed by atoms with E-state index in [0.29, 0.717) is 13.0 Å². The van der Waals surface area contributed by atoms with Crippen molar-refractivity contribution in [3.8, 4) is 0 Å². The number of amides is 1. The van der Waals surface area contributed by atoms with Gasteiger partial charge >= 0.3 is 5.97 Å². The molecule has 0 radical (unpaired) electrons. The van der Waals surface area contributed by atoms with Crippen LogP contribution in [0, 0.1) is 0 Å². The summed E-state index contributed by atoms with van der Waals surface area (Å²) >= 11 is 0. The van der Waals surface area contributed by atoms with Crippen molar-refractivity contribution in [1.82, 2.24) is 10.2 Å². The van der Waals surface area contributed by atoms with E-state index >= 15 is 0 Å². The summed E-state index contributed by atoms with van der Waals surface area (Å²) in [5.41, 5.74) is -0.292. The van der Waals surface area contributed by atoms with Gasteiger partial charge in [0.15, 0.2) is 0 Å². The van der Waals surface area contributed by atoms with E-state index in [4.69, 9.17) is 0 Å².